The molecule has 0 bridgehead atoms. The third kappa shape index (κ3) is 5.04. The highest BCUT2D eigenvalue weighted by Crippen LogP contribution is 2.44. The van der Waals surface area contributed by atoms with E-state index in [1.54, 1.807) is 0 Å². The lowest BCUT2D eigenvalue weighted by molar-refractivity contribution is -0.139. The second kappa shape index (κ2) is 10.1. The summed E-state index contributed by atoms with van der Waals surface area (Å²) in [6.45, 7) is 0.689. The molecule has 2 atom stereocenters. The highest BCUT2D eigenvalue weighted by molar-refractivity contribution is 5.80. The second-order valence-corrected chi connectivity index (χ2v) is 10.1. The normalized spacial score (nSPS) is 24.7. The minimum Gasteiger partial charge on any atom is -0.481 e. The van der Waals surface area contributed by atoms with Gasteiger partial charge in [0.15, 0.2) is 0 Å². The Kier molecular flexibility index (Phi) is 6.75. The maximum Gasteiger partial charge on any atom is 0.407 e. The summed E-state index contributed by atoms with van der Waals surface area (Å²) < 4.78 is 5.63. The Morgan fingerprint density at radius 3 is 2.26 bits per heavy atom. The summed E-state index contributed by atoms with van der Waals surface area (Å²) in [6, 6.07) is 16.5. The van der Waals surface area contributed by atoms with Gasteiger partial charge in [0.05, 0.1) is 0 Å². The monoisotopic (exact) mass is 476 g/mol. The molecular formula is C28H32N2O5. The smallest absolute Gasteiger partial charge is 0.407 e. The number of carboxylic acid groups (broad SMARTS) is 1. The van der Waals surface area contributed by atoms with E-state index < -0.39 is 12.1 Å². The van der Waals surface area contributed by atoms with Crippen LogP contribution < -0.4 is 10.6 Å². The zero-order chi connectivity index (χ0) is 24.4. The highest BCUT2D eigenvalue weighted by atomic mass is 16.5. The molecule has 2 fully saturated rings. The van der Waals surface area contributed by atoms with Crippen LogP contribution in [0, 0.1) is 17.8 Å². The average Bonchev–Trinajstić information content (AvgIpc) is 3.42. The van der Waals surface area contributed by atoms with Crippen molar-refractivity contribution >= 4 is 18.0 Å². The third-order valence-electron chi connectivity index (χ3n) is 7.89. The fraction of sp³-hybridized carbons (Fsp3) is 0.464. The molecule has 0 spiro atoms. The number of nitrogens with one attached hydrogen (secondary N) is 2. The van der Waals surface area contributed by atoms with Crippen molar-refractivity contribution in [2.75, 3.05) is 13.2 Å². The van der Waals surface area contributed by atoms with Gasteiger partial charge in [-0.25, -0.2) is 4.79 Å². The summed E-state index contributed by atoms with van der Waals surface area (Å²) in [4.78, 5) is 36.1. The van der Waals surface area contributed by atoms with Crippen molar-refractivity contribution in [2.45, 2.75) is 50.5 Å². The first-order chi connectivity index (χ1) is 17.0. The number of carbonyl (C=O) groups excluding carboxylic acids is 2. The molecule has 5 rings (SSSR count). The maximum absolute atomic E-state index is 12.8. The van der Waals surface area contributed by atoms with E-state index in [0.717, 1.165) is 32.1 Å². The zero-order valence-corrected chi connectivity index (χ0v) is 19.7. The number of ether oxygens (including phenoxy) is 1. The van der Waals surface area contributed by atoms with Crippen molar-refractivity contribution in [1.29, 1.82) is 0 Å². The molecule has 3 aliphatic carbocycles. The Morgan fingerprint density at radius 2 is 1.60 bits per heavy atom. The molecule has 0 aromatic heterocycles. The van der Waals surface area contributed by atoms with E-state index in [9.17, 15) is 14.4 Å². The van der Waals surface area contributed by atoms with Crippen LogP contribution in [0.2, 0.25) is 0 Å². The van der Waals surface area contributed by atoms with Gasteiger partial charge < -0.3 is 20.5 Å². The lowest BCUT2D eigenvalue weighted by Gasteiger charge is -2.36. The number of hydrogen-bond donors (Lipinski definition) is 3. The molecule has 0 saturated heterocycles. The van der Waals surface area contributed by atoms with Crippen LogP contribution in [0.4, 0.5) is 4.79 Å². The van der Waals surface area contributed by atoms with Crippen molar-refractivity contribution in [1.82, 2.24) is 10.6 Å². The van der Waals surface area contributed by atoms with Gasteiger partial charge in [-0.1, -0.05) is 55.0 Å². The molecule has 7 nitrogen and oxygen atoms in total. The molecular weight excluding hydrogens is 444 g/mol. The van der Waals surface area contributed by atoms with Gasteiger partial charge in [0.1, 0.15) is 6.61 Å². The molecule has 3 N–H and O–H groups in total. The first kappa shape index (κ1) is 23.4. The summed E-state index contributed by atoms with van der Waals surface area (Å²) in [6.07, 6.45) is 3.85. The maximum atomic E-state index is 12.8. The standard InChI is InChI=1S/C28H32N2O5/c31-26(32)14-17-12-19(13-17)30-27(33)20-11-5-6-18(20)15-29-28(34)35-16-25-23-9-3-1-7-21(23)22-8-2-4-10-24(22)25/h1-4,7-10,17-20,25H,5-6,11-16H2,(H,29,34)(H,30,33)(H,31,32). The summed E-state index contributed by atoms with van der Waals surface area (Å²) in [5, 5.41) is 14.9. The number of carbonyl (C=O) groups is 3. The molecule has 184 valence electrons. The number of aliphatic carboxylic acids is 1. The summed E-state index contributed by atoms with van der Waals surface area (Å²) in [7, 11) is 0. The van der Waals surface area contributed by atoms with Crippen LogP contribution in [-0.4, -0.2) is 42.3 Å². The van der Waals surface area contributed by atoms with Crippen LogP contribution in [0.15, 0.2) is 48.5 Å². The molecule has 2 aromatic carbocycles. The van der Waals surface area contributed by atoms with E-state index in [-0.39, 0.29) is 48.6 Å². The van der Waals surface area contributed by atoms with Crippen LogP contribution in [-0.2, 0) is 14.3 Å². The number of fused-ring (bicyclic) bond motifs is 3. The lowest BCUT2D eigenvalue weighted by atomic mass is 9.78. The van der Waals surface area contributed by atoms with Crippen LogP contribution in [0.25, 0.3) is 11.1 Å². The predicted molar refractivity (Wildman–Crippen MR) is 131 cm³/mol. The van der Waals surface area contributed by atoms with Gasteiger partial charge in [0, 0.05) is 30.8 Å². The second-order valence-electron chi connectivity index (χ2n) is 10.1. The number of alkyl carbamates (subject to hydrolysis) is 1. The number of carboxylic acids is 1. The molecule has 2 saturated carbocycles. The fourth-order valence-corrected chi connectivity index (χ4v) is 6.07. The Balaban J connectivity index is 1.09. The van der Waals surface area contributed by atoms with Crippen molar-refractivity contribution in [2.24, 2.45) is 17.8 Å². The van der Waals surface area contributed by atoms with E-state index in [0.29, 0.717) is 6.54 Å². The Bertz CT molecular complexity index is 1060. The van der Waals surface area contributed by atoms with Crippen LogP contribution in [0.3, 0.4) is 0 Å². The minimum atomic E-state index is -0.782. The summed E-state index contributed by atoms with van der Waals surface area (Å²) in [5.74, 6) is -0.610. The third-order valence-corrected chi connectivity index (χ3v) is 7.89. The van der Waals surface area contributed by atoms with E-state index in [1.807, 2.05) is 24.3 Å². The van der Waals surface area contributed by atoms with E-state index in [1.165, 1.54) is 22.3 Å². The molecule has 0 radical (unpaired) electrons. The average molecular weight is 477 g/mol. The van der Waals surface area contributed by atoms with Crippen molar-refractivity contribution in [3.8, 4) is 11.1 Å². The van der Waals surface area contributed by atoms with Crippen LogP contribution >= 0.6 is 0 Å². The number of hydrogen-bond acceptors (Lipinski definition) is 4. The Morgan fingerprint density at radius 1 is 0.943 bits per heavy atom. The first-order valence-corrected chi connectivity index (χ1v) is 12.6. The summed E-state index contributed by atoms with van der Waals surface area (Å²) >= 11 is 0. The predicted octanol–water partition coefficient (Wildman–Crippen LogP) is 4.31. The van der Waals surface area contributed by atoms with Crippen molar-refractivity contribution in [3.05, 3.63) is 59.7 Å². The largest absolute Gasteiger partial charge is 0.481 e. The molecule has 0 heterocycles. The molecule has 0 aliphatic heterocycles. The van der Waals surface area contributed by atoms with Gasteiger partial charge in [0.2, 0.25) is 5.91 Å². The van der Waals surface area contributed by atoms with Crippen molar-refractivity contribution < 1.29 is 24.2 Å². The molecule has 2 unspecified atom stereocenters. The SMILES string of the molecule is O=C(O)CC1CC(NC(=O)C2CCCC2CNC(=O)OCC2c3ccccc3-c3ccccc32)C1. The lowest BCUT2D eigenvalue weighted by Crippen LogP contribution is -2.48. The van der Waals surface area contributed by atoms with Gasteiger partial charge >= 0.3 is 12.1 Å². The highest BCUT2D eigenvalue weighted by Gasteiger charge is 2.37. The number of benzene rings is 2. The van der Waals surface area contributed by atoms with E-state index in [2.05, 4.69) is 34.9 Å². The quantitative estimate of drug-likeness (QED) is 0.527. The van der Waals surface area contributed by atoms with E-state index >= 15 is 0 Å². The van der Waals surface area contributed by atoms with E-state index in [4.69, 9.17) is 9.84 Å². The van der Waals surface area contributed by atoms with Crippen LogP contribution in [0.1, 0.15) is 55.6 Å². The Hall–Kier alpha value is -3.35. The van der Waals surface area contributed by atoms with Gasteiger partial charge in [-0.15, -0.1) is 0 Å². The number of amides is 2. The Labute approximate surface area is 205 Å². The zero-order valence-electron chi connectivity index (χ0n) is 19.7. The summed E-state index contributed by atoms with van der Waals surface area (Å²) in [5.41, 5.74) is 4.74. The van der Waals surface area contributed by atoms with Crippen molar-refractivity contribution in [3.63, 3.8) is 0 Å². The molecule has 7 heteroatoms. The topological polar surface area (TPSA) is 105 Å². The van der Waals surface area contributed by atoms with Gasteiger partial charge in [0.25, 0.3) is 0 Å². The van der Waals surface area contributed by atoms with Gasteiger partial charge in [-0.05, 0) is 59.8 Å². The van der Waals surface area contributed by atoms with Gasteiger partial charge in [-0.3, -0.25) is 9.59 Å². The van der Waals surface area contributed by atoms with Gasteiger partial charge in [-0.2, -0.15) is 0 Å². The molecule has 3 aliphatic rings. The first-order valence-electron chi connectivity index (χ1n) is 12.6. The van der Waals surface area contributed by atoms with Crippen LogP contribution in [0.5, 0.6) is 0 Å². The number of rotatable bonds is 8. The molecule has 2 amide bonds. The minimum absolute atomic E-state index is 0.0191. The fourth-order valence-electron chi connectivity index (χ4n) is 6.07. The molecule has 2 aromatic rings. The molecule has 35 heavy (non-hydrogen) atoms.